The zero-order valence-electron chi connectivity index (χ0n) is 11.3. The SMILES string of the molecule is CC(N)(C(=O)Oc1ccccc1)C(N)c1ccccc1. The minimum absolute atomic E-state index is 0.453. The summed E-state index contributed by atoms with van der Waals surface area (Å²) in [6.45, 7) is 1.58. The monoisotopic (exact) mass is 270 g/mol. The van der Waals surface area contributed by atoms with Crippen molar-refractivity contribution in [2.45, 2.75) is 18.5 Å². The van der Waals surface area contributed by atoms with Gasteiger partial charge in [0.25, 0.3) is 0 Å². The number of benzene rings is 2. The summed E-state index contributed by atoms with van der Waals surface area (Å²) in [5, 5.41) is 0. The van der Waals surface area contributed by atoms with E-state index in [1.807, 2.05) is 36.4 Å². The molecular weight excluding hydrogens is 252 g/mol. The van der Waals surface area contributed by atoms with Crippen LogP contribution in [0.25, 0.3) is 0 Å². The van der Waals surface area contributed by atoms with Crippen molar-refractivity contribution in [1.29, 1.82) is 0 Å². The molecule has 2 unspecified atom stereocenters. The van der Waals surface area contributed by atoms with Gasteiger partial charge in [0, 0.05) is 0 Å². The van der Waals surface area contributed by atoms with Gasteiger partial charge in [0.05, 0.1) is 6.04 Å². The van der Waals surface area contributed by atoms with E-state index in [0.717, 1.165) is 5.56 Å². The highest BCUT2D eigenvalue weighted by Gasteiger charge is 2.38. The predicted molar refractivity (Wildman–Crippen MR) is 78.0 cm³/mol. The third-order valence-electron chi connectivity index (χ3n) is 3.20. The summed E-state index contributed by atoms with van der Waals surface area (Å²) < 4.78 is 5.28. The van der Waals surface area contributed by atoms with Crippen molar-refractivity contribution in [3.05, 3.63) is 66.2 Å². The van der Waals surface area contributed by atoms with E-state index in [4.69, 9.17) is 16.2 Å². The Morgan fingerprint density at radius 2 is 1.55 bits per heavy atom. The second kappa shape index (κ2) is 5.86. The molecule has 20 heavy (non-hydrogen) atoms. The molecule has 2 rings (SSSR count). The van der Waals surface area contributed by atoms with Crippen LogP contribution in [0.3, 0.4) is 0 Å². The quantitative estimate of drug-likeness (QED) is 0.658. The Labute approximate surface area is 118 Å². The summed E-state index contributed by atoms with van der Waals surface area (Å²) in [6.07, 6.45) is 0. The number of esters is 1. The molecule has 0 aromatic heterocycles. The zero-order chi connectivity index (χ0) is 14.6. The molecule has 0 bridgehead atoms. The number of nitrogens with two attached hydrogens (primary N) is 2. The molecule has 2 atom stereocenters. The summed E-state index contributed by atoms with van der Waals surface area (Å²) >= 11 is 0. The molecule has 0 aliphatic carbocycles. The molecular formula is C16H18N2O2. The molecule has 2 aromatic carbocycles. The summed E-state index contributed by atoms with van der Waals surface area (Å²) in [7, 11) is 0. The van der Waals surface area contributed by atoms with Crippen LogP contribution in [-0.4, -0.2) is 11.5 Å². The van der Waals surface area contributed by atoms with Crippen LogP contribution >= 0.6 is 0 Å². The van der Waals surface area contributed by atoms with Crippen molar-refractivity contribution >= 4 is 5.97 Å². The molecule has 4 N–H and O–H groups in total. The van der Waals surface area contributed by atoms with E-state index in [1.54, 1.807) is 31.2 Å². The van der Waals surface area contributed by atoms with Crippen LogP contribution in [0, 0.1) is 0 Å². The van der Waals surface area contributed by atoms with Crippen LogP contribution in [-0.2, 0) is 4.79 Å². The Morgan fingerprint density at radius 3 is 2.10 bits per heavy atom. The van der Waals surface area contributed by atoms with Gasteiger partial charge in [-0.25, -0.2) is 4.79 Å². The lowest BCUT2D eigenvalue weighted by atomic mass is 9.88. The van der Waals surface area contributed by atoms with Gasteiger partial charge in [-0.1, -0.05) is 48.5 Å². The van der Waals surface area contributed by atoms with Crippen molar-refractivity contribution < 1.29 is 9.53 Å². The van der Waals surface area contributed by atoms with Gasteiger partial charge in [0.1, 0.15) is 11.3 Å². The van der Waals surface area contributed by atoms with Crippen LogP contribution in [0.15, 0.2) is 60.7 Å². The predicted octanol–water partition coefficient (Wildman–Crippen LogP) is 2.01. The fraction of sp³-hybridized carbons (Fsp3) is 0.188. The first-order valence-corrected chi connectivity index (χ1v) is 6.38. The zero-order valence-corrected chi connectivity index (χ0v) is 11.3. The summed E-state index contributed by atoms with van der Waals surface area (Å²) in [5.74, 6) is -0.102. The van der Waals surface area contributed by atoms with Crippen LogP contribution < -0.4 is 16.2 Å². The number of hydrogen-bond acceptors (Lipinski definition) is 4. The topological polar surface area (TPSA) is 78.3 Å². The average Bonchev–Trinajstić information content (AvgIpc) is 2.48. The van der Waals surface area contributed by atoms with E-state index in [0.29, 0.717) is 5.75 Å². The maximum atomic E-state index is 12.2. The van der Waals surface area contributed by atoms with E-state index < -0.39 is 17.6 Å². The number of carbonyl (C=O) groups excluding carboxylic acids is 1. The summed E-state index contributed by atoms with van der Waals surface area (Å²) in [6, 6.07) is 17.4. The molecule has 104 valence electrons. The molecule has 0 saturated carbocycles. The van der Waals surface area contributed by atoms with Crippen LogP contribution in [0.1, 0.15) is 18.5 Å². The third-order valence-corrected chi connectivity index (χ3v) is 3.20. The first-order valence-electron chi connectivity index (χ1n) is 6.38. The van der Waals surface area contributed by atoms with Crippen LogP contribution in [0.4, 0.5) is 0 Å². The number of ether oxygens (including phenoxy) is 1. The lowest BCUT2D eigenvalue weighted by Crippen LogP contribution is -2.55. The number of para-hydroxylation sites is 1. The Kier molecular flexibility index (Phi) is 4.17. The lowest BCUT2D eigenvalue weighted by Gasteiger charge is -2.29. The van der Waals surface area contributed by atoms with E-state index in [-0.39, 0.29) is 0 Å². The minimum atomic E-state index is -1.31. The van der Waals surface area contributed by atoms with Crippen molar-refractivity contribution in [2.24, 2.45) is 11.5 Å². The Morgan fingerprint density at radius 1 is 1.05 bits per heavy atom. The Hall–Kier alpha value is -2.17. The molecule has 0 aliphatic heterocycles. The fourth-order valence-electron chi connectivity index (χ4n) is 1.84. The highest BCUT2D eigenvalue weighted by Crippen LogP contribution is 2.23. The van der Waals surface area contributed by atoms with Crippen molar-refractivity contribution in [3.8, 4) is 5.75 Å². The van der Waals surface area contributed by atoms with Gasteiger partial charge in [0.15, 0.2) is 0 Å². The van der Waals surface area contributed by atoms with Gasteiger partial charge >= 0.3 is 5.97 Å². The third kappa shape index (κ3) is 3.04. The van der Waals surface area contributed by atoms with Gasteiger partial charge in [-0.15, -0.1) is 0 Å². The molecule has 0 aliphatic rings. The molecule has 0 heterocycles. The standard InChI is InChI=1S/C16H18N2O2/c1-16(18,14(17)12-8-4-2-5-9-12)15(19)20-13-10-6-3-7-11-13/h2-11,14H,17-18H2,1H3. The normalized spacial score (nSPS) is 15.2. The van der Waals surface area contributed by atoms with E-state index in [1.165, 1.54) is 0 Å². The van der Waals surface area contributed by atoms with Gasteiger partial charge in [-0.05, 0) is 24.6 Å². The summed E-state index contributed by atoms with van der Waals surface area (Å²) in [5.41, 5.74) is 11.7. The highest BCUT2D eigenvalue weighted by molar-refractivity contribution is 5.83. The van der Waals surface area contributed by atoms with Crippen LogP contribution in [0.5, 0.6) is 5.75 Å². The molecule has 0 amide bonds. The second-order valence-electron chi connectivity index (χ2n) is 4.87. The molecule has 0 radical (unpaired) electrons. The second-order valence-corrected chi connectivity index (χ2v) is 4.87. The van der Waals surface area contributed by atoms with E-state index in [2.05, 4.69) is 0 Å². The van der Waals surface area contributed by atoms with Crippen LogP contribution in [0.2, 0.25) is 0 Å². The van der Waals surface area contributed by atoms with E-state index >= 15 is 0 Å². The van der Waals surface area contributed by atoms with Gasteiger partial charge < -0.3 is 16.2 Å². The van der Waals surface area contributed by atoms with Crippen molar-refractivity contribution in [3.63, 3.8) is 0 Å². The Bertz CT molecular complexity index is 568. The molecule has 0 saturated heterocycles. The molecule has 0 spiro atoms. The average molecular weight is 270 g/mol. The Balaban J connectivity index is 2.15. The smallest absolute Gasteiger partial charge is 0.333 e. The van der Waals surface area contributed by atoms with Gasteiger partial charge in [-0.2, -0.15) is 0 Å². The number of hydrogen-bond donors (Lipinski definition) is 2. The lowest BCUT2D eigenvalue weighted by molar-refractivity contribution is -0.140. The van der Waals surface area contributed by atoms with Gasteiger partial charge in [-0.3, -0.25) is 0 Å². The largest absolute Gasteiger partial charge is 0.425 e. The van der Waals surface area contributed by atoms with E-state index in [9.17, 15) is 4.79 Å². The molecule has 4 nitrogen and oxygen atoms in total. The highest BCUT2D eigenvalue weighted by atomic mass is 16.5. The van der Waals surface area contributed by atoms with Crippen molar-refractivity contribution in [2.75, 3.05) is 0 Å². The molecule has 0 fully saturated rings. The molecule has 4 heteroatoms. The van der Waals surface area contributed by atoms with Crippen molar-refractivity contribution in [1.82, 2.24) is 0 Å². The maximum absolute atomic E-state index is 12.2. The van der Waals surface area contributed by atoms with Gasteiger partial charge in [0.2, 0.25) is 0 Å². The number of rotatable bonds is 4. The maximum Gasteiger partial charge on any atom is 0.333 e. The fourth-order valence-corrected chi connectivity index (χ4v) is 1.84. The first-order chi connectivity index (χ1) is 9.51. The summed E-state index contributed by atoms with van der Waals surface area (Å²) in [4.78, 5) is 12.2. The first kappa shape index (κ1) is 14.2. The number of carbonyl (C=O) groups is 1. The minimum Gasteiger partial charge on any atom is -0.425 e. The molecule has 2 aromatic rings.